The third-order valence-corrected chi connectivity index (χ3v) is 8.10. The predicted octanol–water partition coefficient (Wildman–Crippen LogP) is 12.7. The van der Waals surface area contributed by atoms with Crippen molar-refractivity contribution in [3.63, 3.8) is 0 Å². The van der Waals surface area contributed by atoms with Gasteiger partial charge in [0.05, 0.1) is 0 Å². The summed E-state index contributed by atoms with van der Waals surface area (Å²) >= 11 is 0. The smallest absolute Gasteiger partial charge is 0.305 e. The van der Waals surface area contributed by atoms with Crippen LogP contribution in [0.2, 0.25) is 0 Å². The van der Waals surface area contributed by atoms with Crippen molar-refractivity contribution in [3.8, 4) is 0 Å². The van der Waals surface area contributed by atoms with Gasteiger partial charge < -0.3 is 14.6 Å². The average Bonchev–Trinajstić information content (AvgIpc) is 3.12. The largest absolute Gasteiger partial charge is 0.463 e. The summed E-state index contributed by atoms with van der Waals surface area (Å²) in [6.45, 7) is 4.18. The predicted molar refractivity (Wildman–Crippen MR) is 214 cm³/mol. The van der Waals surface area contributed by atoms with Crippen LogP contribution in [0.3, 0.4) is 0 Å². The zero-order valence-electron chi connectivity index (χ0n) is 32.1. The fourth-order valence-corrected chi connectivity index (χ4v) is 5.01. The van der Waals surface area contributed by atoms with Crippen LogP contribution >= 0.6 is 0 Å². The Hall–Kier alpha value is -2.92. The van der Waals surface area contributed by atoms with Crippen LogP contribution in [-0.2, 0) is 19.1 Å². The van der Waals surface area contributed by atoms with Gasteiger partial charge in [-0.3, -0.25) is 9.59 Å². The normalized spacial score (nSPS) is 13.1. The molecule has 0 spiro atoms. The second-order valence-corrected chi connectivity index (χ2v) is 13.0. The Balaban J connectivity index is 3.58. The summed E-state index contributed by atoms with van der Waals surface area (Å²) in [4.78, 5) is 23.9. The van der Waals surface area contributed by atoms with Crippen molar-refractivity contribution < 1.29 is 24.2 Å². The topological polar surface area (TPSA) is 72.8 Å². The molecule has 5 nitrogen and oxygen atoms in total. The van der Waals surface area contributed by atoms with Crippen LogP contribution in [0.5, 0.6) is 0 Å². The van der Waals surface area contributed by atoms with Gasteiger partial charge in [-0.25, -0.2) is 0 Å². The van der Waals surface area contributed by atoms with Crippen LogP contribution in [0.25, 0.3) is 0 Å². The van der Waals surface area contributed by atoms with Crippen LogP contribution in [0.15, 0.2) is 85.1 Å². The lowest BCUT2D eigenvalue weighted by atomic mass is 10.1. The zero-order valence-corrected chi connectivity index (χ0v) is 32.1. The third kappa shape index (κ3) is 39.5. The highest BCUT2D eigenvalue weighted by molar-refractivity contribution is 5.69. The van der Waals surface area contributed by atoms with Crippen molar-refractivity contribution in [2.45, 2.75) is 174 Å². The van der Waals surface area contributed by atoms with E-state index in [0.29, 0.717) is 12.8 Å². The number of rotatable bonds is 35. The van der Waals surface area contributed by atoms with Crippen LogP contribution in [0.1, 0.15) is 168 Å². The second-order valence-electron chi connectivity index (χ2n) is 13.0. The maximum atomic E-state index is 12.0. The standard InChI is InChI=1S/C45H74O5/c1-3-5-7-9-11-13-15-17-19-21-22-24-26-28-30-32-34-36-38-40-45(48)50-42-43(46)41-49-44(47)39-37-35-33-31-29-27-25-23-20-18-16-14-12-10-8-6-4-2/h11-14,17-20,22,24-25,27-28,30,43,46H,3-10,15-16,21,23,26,29,31-42H2,1-2H3/b13-11-,14-12-,19-17-,20-18-,24-22-,27-25-,30-28-/t43-/m1/s1. The molecule has 284 valence electrons. The lowest BCUT2D eigenvalue weighted by Crippen LogP contribution is -2.25. The van der Waals surface area contributed by atoms with Gasteiger partial charge in [0.2, 0.25) is 0 Å². The Bertz CT molecular complexity index is 968. The molecule has 0 aliphatic rings. The lowest BCUT2D eigenvalue weighted by molar-refractivity contribution is -0.152. The highest BCUT2D eigenvalue weighted by atomic mass is 16.6. The van der Waals surface area contributed by atoms with E-state index in [-0.39, 0.29) is 25.2 Å². The summed E-state index contributed by atoms with van der Waals surface area (Å²) in [5.41, 5.74) is 0. The average molecular weight is 695 g/mol. The minimum absolute atomic E-state index is 0.143. The van der Waals surface area contributed by atoms with Gasteiger partial charge in [0.1, 0.15) is 19.3 Å². The van der Waals surface area contributed by atoms with Gasteiger partial charge in [-0.1, -0.05) is 144 Å². The number of carbonyl (C=O) groups is 2. The monoisotopic (exact) mass is 695 g/mol. The molecule has 0 unspecified atom stereocenters. The summed E-state index contributed by atoms with van der Waals surface area (Å²) in [6.07, 6.45) is 54.9. The molecule has 0 aliphatic carbocycles. The molecule has 0 saturated carbocycles. The first-order chi connectivity index (χ1) is 24.6. The van der Waals surface area contributed by atoms with E-state index in [2.05, 4.69) is 98.9 Å². The van der Waals surface area contributed by atoms with Crippen molar-refractivity contribution in [1.82, 2.24) is 0 Å². The first-order valence-electron chi connectivity index (χ1n) is 20.1. The minimum atomic E-state index is -0.992. The maximum absolute atomic E-state index is 12.0. The second kappa shape index (κ2) is 40.5. The molecule has 50 heavy (non-hydrogen) atoms. The van der Waals surface area contributed by atoms with E-state index in [1.807, 2.05) is 0 Å². The molecule has 5 heteroatoms. The van der Waals surface area contributed by atoms with Crippen molar-refractivity contribution in [2.75, 3.05) is 13.2 Å². The van der Waals surface area contributed by atoms with Crippen LogP contribution in [0.4, 0.5) is 0 Å². The van der Waals surface area contributed by atoms with E-state index in [0.717, 1.165) is 89.9 Å². The number of ether oxygens (including phenoxy) is 2. The highest BCUT2D eigenvalue weighted by Gasteiger charge is 2.12. The molecule has 0 saturated heterocycles. The van der Waals surface area contributed by atoms with Crippen LogP contribution in [-0.4, -0.2) is 36.4 Å². The summed E-state index contributed by atoms with van der Waals surface area (Å²) in [5.74, 6) is -0.632. The Morgan fingerprint density at radius 3 is 1.04 bits per heavy atom. The quantitative estimate of drug-likeness (QED) is 0.0406. The molecule has 0 amide bonds. The maximum Gasteiger partial charge on any atom is 0.305 e. The molecule has 0 aromatic heterocycles. The van der Waals surface area contributed by atoms with Gasteiger partial charge in [-0.05, 0) is 96.3 Å². The third-order valence-electron chi connectivity index (χ3n) is 8.10. The fraction of sp³-hybridized carbons (Fsp3) is 0.644. The van der Waals surface area contributed by atoms with E-state index < -0.39 is 6.10 Å². The number of aliphatic hydroxyl groups excluding tert-OH is 1. The Labute approximate surface area is 307 Å². The number of aliphatic hydroxyl groups is 1. The summed E-state index contributed by atoms with van der Waals surface area (Å²) < 4.78 is 10.3. The number of hydrogen-bond acceptors (Lipinski definition) is 5. The molecule has 0 fully saturated rings. The number of unbranched alkanes of at least 4 members (excludes halogenated alkanes) is 13. The SMILES string of the molecule is CCCCC/C=C\C/C=C\C/C=C\C/C=C\CCCCCC(=O)OC[C@H](O)COC(=O)CCCCCC/C=C\C/C=C\C/C=C\CCCCC. The van der Waals surface area contributed by atoms with Gasteiger partial charge >= 0.3 is 11.9 Å². The summed E-state index contributed by atoms with van der Waals surface area (Å²) in [5, 5.41) is 10.0. The molecular formula is C45H74O5. The van der Waals surface area contributed by atoms with E-state index >= 15 is 0 Å². The van der Waals surface area contributed by atoms with Crippen LogP contribution in [0, 0.1) is 0 Å². The minimum Gasteiger partial charge on any atom is -0.463 e. The van der Waals surface area contributed by atoms with Gasteiger partial charge in [-0.15, -0.1) is 0 Å². The zero-order chi connectivity index (χ0) is 36.4. The van der Waals surface area contributed by atoms with E-state index in [4.69, 9.17) is 9.47 Å². The molecule has 0 radical (unpaired) electrons. The van der Waals surface area contributed by atoms with Crippen molar-refractivity contribution >= 4 is 11.9 Å². The van der Waals surface area contributed by atoms with E-state index in [1.54, 1.807) is 0 Å². The summed E-state index contributed by atoms with van der Waals surface area (Å²) in [6, 6.07) is 0. The van der Waals surface area contributed by atoms with Crippen molar-refractivity contribution in [2.24, 2.45) is 0 Å². The van der Waals surface area contributed by atoms with Crippen molar-refractivity contribution in [1.29, 1.82) is 0 Å². The molecule has 0 heterocycles. The Morgan fingerprint density at radius 1 is 0.420 bits per heavy atom. The Morgan fingerprint density at radius 2 is 0.700 bits per heavy atom. The molecule has 0 aromatic rings. The Kier molecular flexibility index (Phi) is 38.1. The van der Waals surface area contributed by atoms with Gasteiger partial charge in [0, 0.05) is 12.8 Å². The van der Waals surface area contributed by atoms with Crippen molar-refractivity contribution in [3.05, 3.63) is 85.1 Å². The van der Waals surface area contributed by atoms with Crippen LogP contribution < -0.4 is 0 Å². The van der Waals surface area contributed by atoms with Gasteiger partial charge in [-0.2, -0.15) is 0 Å². The summed E-state index contributed by atoms with van der Waals surface area (Å²) in [7, 11) is 0. The molecule has 0 bridgehead atoms. The fourth-order valence-electron chi connectivity index (χ4n) is 5.01. The molecule has 0 aliphatic heterocycles. The molecule has 1 atom stereocenters. The van der Waals surface area contributed by atoms with Gasteiger partial charge in [0.15, 0.2) is 0 Å². The number of hydrogen-bond donors (Lipinski definition) is 1. The first kappa shape index (κ1) is 47.1. The van der Waals surface area contributed by atoms with E-state index in [9.17, 15) is 14.7 Å². The molecule has 0 rings (SSSR count). The molecular weight excluding hydrogens is 620 g/mol. The van der Waals surface area contributed by atoms with Gasteiger partial charge in [0.25, 0.3) is 0 Å². The van der Waals surface area contributed by atoms with E-state index in [1.165, 1.54) is 51.4 Å². The molecule has 1 N–H and O–H groups in total. The number of allylic oxidation sites excluding steroid dienone is 14. The number of carbonyl (C=O) groups excluding carboxylic acids is 2. The number of esters is 2. The highest BCUT2D eigenvalue weighted by Crippen LogP contribution is 2.09. The first-order valence-corrected chi connectivity index (χ1v) is 20.1. The molecule has 0 aromatic carbocycles. The lowest BCUT2D eigenvalue weighted by Gasteiger charge is -2.12.